The highest BCUT2D eigenvalue weighted by atomic mass is 35.5. The molecule has 2 aromatic carbocycles. The zero-order valence-electron chi connectivity index (χ0n) is 16.9. The number of rotatable bonds is 8. The molecule has 2 aromatic rings. The predicted molar refractivity (Wildman–Crippen MR) is 117 cm³/mol. The van der Waals surface area contributed by atoms with E-state index in [4.69, 9.17) is 32.7 Å². The van der Waals surface area contributed by atoms with Crippen LogP contribution in [0.4, 0.5) is 0 Å². The number of ether oxygens (including phenoxy) is 2. The molecule has 0 unspecified atom stereocenters. The Kier molecular flexibility index (Phi) is 8.95. The highest BCUT2D eigenvalue weighted by Crippen LogP contribution is 2.37. The number of hydrazone groups is 1. The Morgan fingerprint density at radius 3 is 2.43 bits per heavy atom. The number of hydrogen-bond acceptors (Lipinski definition) is 5. The van der Waals surface area contributed by atoms with Crippen LogP contribution < -0.4 is 20.2 Å². The largest absolute Gasteiger partial charge is 0.490 e. The third kappa shape index (κ3) is 7.24. The van der Waals surface area contributed by atoms with Gasteiger partial charge in [0.2, 0.25) is 0 Å². The highest BCUT2D eigenvalue weighted by molar-refractivity contribution is 6.35. The van der Waals surface area contributed by atoms with Crippen molar-refractivity contribution in [3.05, 3.63) is 57.6 Å². The summed E-state index contributed by atoms with van der Waals surface area (Å²) in [5.74, 6) is -0.796. The summed E-state index contributed by atoms with van der Waals surface area (Å²) in [6.45, 7) is 6.03. The number of benzene rings is 2. The van der Waals surface area contributed by atoms with Gasteiger partial charge in [-0.2, -0.15) is 5.10 Å². The van der Waals surface area contributed by atoms with Gasteiger partial charge in [0.05, 0.1) is 17.8 Å². The van der Waals surface area contributed by atoms with Crippen molar-refractivity contribution in [2.24, 2.45) is 5.10 Å². The maximum Gasteiger partial charge on any atom is 0.329 e. The summed E-state index contributed by atoms with van der Waals surface area (Å²) in [5, 5.41) is 7.23. The van der Waals surface area contributed by atoms with Gasteiger partial charge in [-0.15, -0.1) is 0 Å². The SMILES string of the molecule is CCOc1cc(/C=N\NC(=O)C(=O)NC(C)C)cc(Cl)c1OCc1ccc(Cl)cc1. The molecule has 0 saturated heterocycles. The third-order valence-electron chi connectivity index (χ3n) is 3.63. The van der Waals surface area contributed by atoms with Crippen LogP contribution in [0.3, 0.4) is 0 Å². The minimum absolute atomic E-state index is 0.153. The first-order chi connectivity index (χ1) is 14.3. The van der Waals surface area contributed by atoms with Gasteiger partial charge in [0, 0.05) is 11.1 Å². The minimum Gasteiger partial charge on any atom is -0.490 e. The van der Waals surface area contributed by atoms with E-state index in [1.807, 2.05) is 19.1 Å². The Labute approximate surface area is 185 Å². The predicted octanol–water partition coefficient (Wildman–Crippen LogP) is 3.95. The number of carbonyl (C=O) groups is 2. The van der Waals surface area contributed by atoms with Gasteiger partial charge in [0.25, 0.3) is 0 Å². The molecule has 0 heterocycles. The van der Waals surface area contributed by atoms with E-state index in [1.165, 1.54) is 6.21 Å². The van der Waals surface area contributed by atoms with E-state index >= 15 is 0 Å². The topological polar surface area (TPSA) is 89.0 Å². The van der Waals surface area contributed by atoms with Crippen LogP contribution in [-0.4, -0.2) is 30.7 Å². The summed E-state index contributed by atoms with van der Waals surface area (Å²) in [5.41, 5.74) is 3.65. The minimum atomic E-state index is -0.862. The molecule has 30 heavy (non-hydrogen) atoms. The smallest absolute Gasteiger partial charge is 0.329 e. The lowest BCUT2D eigenvalue weighted by Crippen LogP contribution is -2.41. The Balaban J connectivity index is 2.10. The summed E-state index contributed by atoms with van der Waals surface area (Å²) < 4.78 is 11.5. The zero-order valence-corrected chi connectivity index (χ0v) is 18.4. The summed E-state index contributed by atoms with van der Waals surface area (Å²) in [6.07, 6.45) is 1.36. The molecule has 2 N–H and O–H groups in total. The summed E-state index contributed by atoms with van der Waals surface area (Å²) in [7, 11) is 0. The summed E-state index contributed by atoms with van der Waals surface area (Å²) in [6, 6.07) is 10.4. The average Bonchev–Trinajstić information content (AvgIpc) is 2.68. The van der Waals surface area contributed by atoms with Crippen molar-refractivity contribution in [1.29, 1.82) is 0 Å². The van der Waals surface area contributed by atoms with Crippen molar-refractivity contribution < 1.29 is 19.1 Å². The number of hydrogen-bond donors (Lipinski definition) is 2. The van der Waals surface area contributed by atoms with Gasteiger partial charge in [-0.1, -0.05) is 35.3 Å². The summed E-state index contributed by atoms with van der Waals surface area (Å²) >= 11 is 12.3. The number of amides is 2. The van der Waals surface area contributed by atoms with Crippen LogP contribution in [0.2, 0.25) is 10.0 Å². The molecule has 0 fully saturated rings. The first-order valence-corrected chi connectivity index (χ1v) is 10.0. The van der Waals surface area contributed by atoms with Gasteiger partial charge in [-0.05, 0) is 56.2 Å². The molecule has 0 radical (unpaired) electrons. The normalized spacial score (nSPS) is 10.9. The number of nitrogens with zero attached hydrogens (tertiary/aromatic N) is 1. The van der Waals surface area contributed by atoms with Crippen molar-refractivity contribution in [3.63, 3.8) is 0 Å². The van der Waals surface area contributed by atoms with Gasteiger partial charge in [-0.25, -0.2) is 5.43 Å². The highest BCUT2D eigenvalue weighted by Gasteiger charge is 2.14. The molecule has 0 aliphatic carbocycles. The molecule has 0 atom stereocenters. The van der Waals surface area contributed by atoms with Crippen molar-refractivity contribution >= 4 is 41.2 Å². The molecule has 0 aromatic heterocycles. The van der Waals surface area contributed by atoms with E-state index in [2.05, 4.69) is 15.8 Å². The molecular weight excluding hydrogens is 429 g/mol. The molecule has 9 heteroatoms. The Morgan fingerprint density at radius 1 is 1.10 bits per heavy atom. The fourth-order valence-corrected chi connectivity index (χ4v) is 2.75. The lowest BCUT2D eigenvalue weighted by molar-refractivity contribution is -0.139. The molecule has 0 spiro atoms. The standard InChI is InChI=1S/C21H23Cl2N3O4/c1-4-29-18-10-15(11-24-26-21(28)20(27)25-13(2)3)9-17(23)19(18)30-12-14-5-7-16(22)8-6-14/h5-11,13H,4,12H2,1-3H3,(H,25,27)(H,26,28)/b24-11-. The van der Waals surface area contributed by atoms with E-state index in [0.717, 1.165) is 5.56 Å². The van der Waals surface area contributed by atoms with Crippen molar-refractivity contribution in [1.82, 2.24) is 10.7 Å². The number of nitrogens with one attached hydrogen (secondary N) is 2. The van der Waals surface area contributed by atoms with Crippen LogP contribution in [0.5, 0.6) is 11.5 Å². The second-order valence-corrected chi connectivity index (χ2v) is 7.35. The second-order valence-electron chi connectivity index (χ2n) is 6.51. The van der Waals surface area contributed by atoms with E-state index in [-0.39, 0.29) is 12.6 Å². The van der Waals surface area contributed by atoms with Crippen LogP contribution in [0.25, 0.3) is 0 Å². The first-order valence-electron chi connectivity index (χ1n) is 9.27. The molecule has 0 aliphatic heterocycles. The van der Waals surface area contributed by atoms with Crippen molar-refractivity contribution in [2.45, 2.75) is 33.4 Å². The molecule has 0 bridgehead atoms. The number of carbonyl (C=O) groups excluding carboxylic acids is 2. The molecule has 2 amide bonds. The third-order valence-corrected chi connectivity index (χ3v) is 4.17. The van der Waals surface area contributed by atoms with Gasteiger partial charge in [-0.3, -0.25) is 9.59 Å². The fourth-order valence-electron chi connectivity index (χ4n) is 2.35. The van der Waals surface area contributed by atoms with Crippen LogP contribution in [0.15, 0.2) is 41.5 Å². The second kappa shape index (κ2) is 11.4. The molecule has 160 valence electrons. The van der Waals surface area contributed by atoms with Gasteiger partial charge < -0.3 is 14.8 Å². The lowest BCUT2D eigenvalue weighted by Gasteiger charge is -2.14. The van der Waals surface area contributed by atoms with E-state index in [9.17, 15) is 9.59 Å². The lowest BCUT2D eigenvalue weighted by atomic mass is 10.2. The van der Waals surface area contributed by atoms with Crippen LogP contribution in [0, 0.1) is 0 Å². The summed E-state index contributed by atoms with van der Waals surface area (Å²) in [4.78, 5) is 23.3. The van der Waals surface area contributed by atoms with E-state index < -0.39 is 11.8 Å². The molecule has 0 aliphatic rings. The van der Waals surface area contributed by atoms with Crippen LogP contribution in [-0.2, 0) is 16.2 Å². The molecule has 2 rings (SSSR count). The van der Waals surface area contributed by atoms with E-state index in [0.29, 0.717) is 33.7 Å². The van der Waals surface area contributed by atoms with Gasteiger partial charge in [0.1, 0.15) is 6.61 Å². The van der Waals surface area contributed by atoms with Crippen molar-refractivity contribution in [2.75, 3.05) is 6.61 Å². The number of halogens is 2. The Hall–Kier alpha value is -2.77. The maximum absolute atomic E-state index is 11.7. The zero-order chi connectivity index (χ0) is 22.1. The van der Waals surface area contributed by atoms with Gasteiger partial charge >= 0.3 is 11.8 Å². The molecular formula is C21H23Cl2N3O4. The fraction of sp³-hybridized carbons (Fsp3) is 0.286. The van der Waals surface area contributed by atoms with Crippen LogP contribution >= 0.6 is 23.2 Å². The first kappa shape index (κ1) is 23.5. The van der Waals surface area contributed by atoms with Gasteiger partial charge in [0.15, 0.2) is 11.5 Å². The molecule has 0 saturated carbocycles. The average molecular weight is 452 g/mol. The molecule has 7 nitrogen and oxygen atoms in total. The Morgan fingerprint density at radius 2 is 1.80 bits per heavy atom. The Bertz CT molecular complexity index is 915. The maximum atomic E-state index is 11.7. The van der Waals surface area contributed by atoms with Crippen molar-refractivity contribution in [3.8, 4) is 11.5 Å². The quantitative estimate of drug-likeness (QED) is 0.361. The van der Waals surface area contributed by atoms with Crippen LogP contribution in [0.1, 0.15) is 31.9 Å². The van der Waals surface area contributed by atoms with E-state index in [1.54, 1.807) is 38.1 Å². The monoisotopic (exact) mass is 451 g/mol.